The molecule has 0 saturated carbocycles. The van der Waals surface area contributed by atoms with E-state index in [-0.39, 0.29) is 23.3 Å². The van der Waals surface area contributed by atoms with Crippen LogP contribution in [0.25, 0.3) is 5.57 Å². The highest BCUT2D eigenvalue weighted by Crippen LogP contribution is 2.53. The summed E-state index contributed by atoms with van der Waals surface area (Å²) in [5.41, 5.74) is 4.52. The zero-order chi connectivity index (χ0) is 26.1. The van der Waals surface area contributed by atoms with E-state index >= 15 is 0 Å². The first-order chi connectivity index (χ1) is 17.0. The quantitative estimate of drug-likeness (QED) is 0.399. The van der Waals surface area contributed by atoms with E-state index in [0.717, 1.165) is 36.8 Å². The van der Waals surface area contributed by atoms with Gasteiger partial charge in [0.2, 0.25) is 5.78 Å². The third-order valence-corrected chi connectivity index (χ3v) is 8.24. The predicted octanol–water partition coefficient (Wildman–Crippen LogP) is 2.08. The van der Waals surface area contributed by atoms with Gasteiger partial charge in [-0.25, -0.2) is 0 Å². The Hall–Kier alpha value is -3.43. The highest BCUT2D eigenvalue weighted by molar-refractivity contribution is 6.24. The molecule has 0 bridgehead atoms. The molecule has 36 heavy (non-hydrogen) atoms. The molecule has 4 aliphatic carbocycles. The number of phenols is 1. The summed E-state index contributed by atoms with van der Waals surface area (Å²) in [5.74, 6) is -6.38. The van der Waals surface area contributed by atoms with Crippen LogP contribution in [0.15, 0.2) is 40.9 Å². The molecule has 1 amide bonds. The third-order valence-electron chi connectivity index (χ3n) is 8.24. The molecule has 0 fully saturated rings. The lowest BCUT2D eigenvalue weighted by Gasteiger charge is -2.50. The SMILES string of the molecule is CN(C)[C@@H]1C(O)=C(C(N)=O)C(=O)[C@@]2(O)C(O)=C3C(=O)c4c(O)ccc(C5=CCCCC5)c4C[C@H]3C[C@@H]12. The Kier molecular flexibility index (Phi) is 5.61. The van der Waals surface area contributed by atoms with Crippen LogP contribution in [0.5, 0.6) is 5.75 Å². The van der Waals surface area contributed by atoms with E-state index in [0.29, 0.717) is 12.0 Å². The summed E-state index contributed by atoms with van der Waals surface area (Å²) in [4.78, 5) is 40.7. The smallest absolute Gasteiger partial charge is 0.255 e. The summed E-state index contributed by atoms with van der Waals surface area (Å²) < 4.78 is 0. The number of carbonyl (C=O) groups is 3. The molecule has 0 saturated heterocycles. The number of likely N-dealkylation sites (N-methyl/N-ethyl adjacent to an activating group) is 1. The van der Waals surface area contributed by atoms with Crippen LogP contribution in [0.4, 0.5) is 0 Å². The normalized spacial score (nSPS) is 30.1. The van der Waals surface area contributed by atoms with Crippen molar-refractivity contribution in [3.05, 3.63) is 57.6 Å². The van der Waals surface area contributed by atoms with Gasteiger partial charge in [-0.3, -0.25) is 19.3 Å². The fraction of sp³-hybridized carbons (Fsp3) is 0.444. The van der Waals surface area contributed by atoms with Crippen molar-refractivity contribution < 1.29 is 34.8 Å². The van der Waals surface area contributed by atoms with Crippen molar-refractivity contribution >= 4 is 23.0 Å². The maximum absolute atomic E-state index is 13.8. The first kappa shape index (κ1) is 24.3. The topological polar surface area (TPSA) is 161 Å². The Balaban J connectivity index is 1.71. The van der Waals surface area contributed by atoms with Crippen LogP contribution in [-0.4, -0.2) is 68.5 Å². The van der Waals surface area contributed by atoms with E-state index in [4.69, 9.17) is 5.73 Å². The molecular weight excluding hydrogens is 464 g/mol. The molecule has 0 spiro atoms. The van der Waals surface area contributed by atoms with Crippen LogP contribution < -0.4 is 5.73 Å². The summed E-state index contributed by atoms with van der Waals surface area (Å²) in [5, 5.41) is 44.5. The number of nitrogens with two attached hydrogens (primary N) is 1. The van der Waals surface area contributed by atoms with E-state index in [1.54, 1.807) is 19.0 Å². The second kappa shape index (κ2) is 8.31. The average molecular weight is 495 g/mol. The Bertz CT molecular complexity index is 1310. The number of ketones is 2. The molecule has 1 aromatic carbocycles. The number of amides is 1. The molecule has 0 aliphatic heterocycles. The molecule has 1 aromatic rings. The van der Waals surface area contributed by atoms with Gasteiger partial charge in [0.25, 0.3) is 5.91 Å². The lowest BCUT2D eigenvalue weighted by Crippen LogP contribution is -2.63. The first-order valence-electron chi connectivity index (χ1n) is 12.2. The standard InChI is InChI=1S/C27H30N2O7/c1-29(2)21-16-11-13-10-15-14(12-6-4-3-5-7-12)8-9-17(30)19(15)22(31)18(13)24(33)27(16,36)25(34)20(23(21)32)26(28)35/h6,8-9,13,16,21,30,32-33,36H,3-5,7,10-11H2,1-2H3,(H2,28,35)/t13-,16-,21-,27-/m0/s1. The molecule has 0 aromatic heterocycles. The Morgan fingerprint density at radius 1 is 1.14 bits per heavy atom. The number of phenolic OH excluding ortho intramolecular Hbond substituents is 1. The maximum atomic E-state index is 13.8. The summed E-state index contributed by atoms with van der Waals surface area (Å²) in [6.07, 6.45) is 6.45. The minimum atomic E-state index is -2.62. The Morgan fingerprint density at radius 2 is 1.86 bits per heavy atom. The molecule has 4 atom stereocenters. The van der Waals surface area contributed by atoms with Crippen molar-refractivity contribution in [1.82, 2.24) is 4.90 Å². The number of fused-ring (bicyclic) bond motifs is 3. The van der Waals surface area contributed by atoms with Gasteiger partial charge in [-0.1, -0.05) is 12.1 Å². The highest BCUT2D eigenvalue weighted by Gasteiger charge is 2.63. The summed E-state index contributed by atoms with van der Waals surface area (Å²) >= 11 is 0. The van der Waals surface area contributed by atoms with Gasteiger partial charge in [-0.05, 0) is 81.3 Å². The van der Waals surface area contributed by atoms with Crippen molar-refractivity contribution in [2.75, 3.05) is 14.1 Å². The van der Waals surface area contributed by atoms with Gasteiger partial charge in [0.15, 0.2) is 11.4 Å². The van der Waals surface area contributed by atoms with Crippen molar-refractivity contribution in [2.24, 2.45) is 17.6 Å². The fourth-order valence-electron chi connectivity index (χ4n) is 6.63. The zero-order valence-corrected chi connectivity index (χ0v) is 20.2. The van der Waals surface area contributed by atoms with Gasteiger partial charge in [-0.2, -0.15) is 0 Å². The number of Topliss-reactive ketones (excluding diaryl/α,β-unsaturated/α-hetero) is 2. The van der Waals surface area contributed by atoms with E-state index in [1.165, 1.54) is 6.07 Å². The van der Waals surface area contributed by atoms with Crippen molar-refractivity contribution in [3.8, 4) is 5.75 Å². The number of aliphatic hydroxyl groups is 3. The molecule has 0 radical (unpaired) electrons. The van der Waals surface area contributed by atoms with Crippen molar-refractivity contribution in [3.63, 3.8) is 0 Å². The molecule has 5 rings (SSSR count). The van der Waals surface area contributed by atoms with Crippen molar-refractivity contribution in [2.45, 2.75) is 50.2 Å². The first-order valence-corrected chi connectivity index (χ1v) is 12.2. The fourth-order valence-corrected chi connectivity index (χ4v) is 6.63. The average Bonchev–Trinajstić information content (AvgIpc) is 2.81. The number of hydrogen-bond acceptors (Lipinski definition) is 8. The number of allylic oxidation sites excluding steroid dienone is 3. The van der Waals surface area contributed by atoms with Crippen LogP contribution in [-0.2, 0) is 16.0 Å². The predicted molar refractivity (Wildman–Crippen MR) is 130 cm³/mol. The van der Waals surface area contributed by atoms with E-state index < -0.39 is 58.0 Å². The second-order valence-electron chi connectivity index (χ2n) is 10.4. The number of nitrogens with zero attached hydrogens (tertiary/aromatic N) is 1. The van der Waals surface area contributed by atoms with Gasteiger partial charge in [-0.15, -0.1) is 0 Å². The number of primary amides is 1. The molecular formula is C27H30N2O7. The third kappa shape index (κ3) is 3.19. The Morgan fingerprint density at radius 3 is 2.47 bits per heavy atom. The van der Waals surface area contributed by atoms with Crippen LogP contribution in [0.3, 0.4) is 0 Å². The molecule has 9 heteroatoms. The van der Waals surface area contributed by atoms with Crippen LogP contribution in [0.2, 0.25) is 0 Å². The van der Waals surface area contributed by atoms with Gasteiger partial charge >= 0.3 is 0 Å². The van der Waals surface area contributed by atoms with Gasteiger partial charge in [0.05, 0.1) is 11.6 Å². The molecule has 4 aliphatic rings. The van der Waals surface area contributed by atoms with E-state index in [2.05, 4.69) is 6.08 Å². The summed E-state index contributed by atoms with van der Waals surface area (Å²) in [6, 6.07) is 2.27. The number of benzene rings is 1. The maximum Gasteiger partial charge on any atom is 0.255 e. The zero-order valence-electron chi connectivity index (χ0n) is 20.2. The van der Waals surface area contributed by atoms with Crippen LogP contribution in [0.1, 0.15) is 53.6 Å². The van der Waals surface area contributed by atoms with Gasteiger partial charge in [0.1, 0.15) is 22.8 Å². The van der Waals surface area contributed by atoms with Gasteiger partial charge in [0, 0.05) is 11.5 Å². The molecule has 190 valence electrons. The van der Waals surface area contributed by atoms with Gasteiger partial charge < -0.3 is 26.2 Å². The number of aliphatic hydroxyl groups excluding tert-OH is 2. The van der Waals surface area contributed by atoms with E-state index in [9.17, 15) is 34.8 Å². The van der Waals surface area contributed by atoms with Crippen molar-refractivity contribution in [1.29, 1.82) is 0 Å². The summed E-state index contributed by atoms with van der Waals surface area (Å²) in [6.45, 7) is 0. The lowest BCUT2D eigenvalue weighted by molar-refractivity contribution is -0.148. The number of rotatable bonds is 3. The lowest BCUT2D eigenvalue weighted by atomic mass is 9.58. The molecule has 6 N–H and O–H groups in total. The van der Waals surface area contributed by atoms with Crippen LogP contribution >= 0.6 is 0 Å². The minimum absolute atomic E-state index is 0.0553. The molecule has 9 nitrogen and oxygen atoms in total. The minimum Gasteiger partial charge on any atom is -0.510 e. The molecule has 0 heterocycles. The Labute approximate surface area is 208 Å². The number of carbonyl (C=O) groups excluding carboxylic acids is 3. The summed E-state index contributed by atoms with van der Waals surface area (Å²) in [7, 11) is 3.22. The van der Waals surface area contributed by atoms with Crippen LogP contribution in [0, 0.1) is 11.8 Å². The second-order valence-corrected chi connectivity index (χ2v) is 10.4. The number of aromatic hydroxyl groups is 1. The monoisotopic (exact) mass is 494 g/mol. The molecule has 0 unspecified atom stereocenters. The largest absolute Gasteiger partial charge is 0.510 e. The highest BCUT2D eigenvalue weighted by atomic mass is 16.3. The van der Waals surface area contributed by atoms with E-state index in [1.807, 2.05) is 6.07 Å². The number of hydrogen-bond donors (Lipinski definition) is 5.